The molecule has 0 radical (unpaired) electrons. The number of rotatable bonds is 5. The minimum absolute atomic E-state index is 0.101. The maximum atomic E-state index is 12.2. The first-order valence-corrected chi connectivity index (χ1v) is 9.26. The molecule has 0 spiro atoms. The molecule has 2 aromatic carbocycles. The standard InChI is InChI=1S/C17H15ClO5S/c1-11(16(19)12-3-7-14(18)8-4-12)23-17(20)13-5-9-15(10-6-13)24(2,21)22/h3-11H,1-2H3. The van der Waals surface area contributed by atoms with E-state index in [1.54, 1.807) is 24.3 Å². The van der Waals surface area contributed by atoms with Crippen molar-refractivity contribution in [1.82, 2.24) is 0 Å². The van der Waals surface area contributed by atoms with Gasteiger partial charge in [-0.25, -0.2) is 13.2 Å². The maximum absolute atomic E-state index is 12.2. The molecule has 0 aliphatic heterocycles. The van der Waals surface area contributed by atoms with Gasteiger partial charge in [0.2, 0.25) is 5.78 Å². The van der Waals surface area contributed by atoms with Gasteiger partial charge in [0, 0.05) is 16.8 Å². The third-order valence-corrected chi connectivity index (χ3v) is 4.68. The summed E-state index contributed by atoms with van der Waals surface area (Å²) >= 11 is 5.77. The van der Waals surface area contributed by atoms with Gasteiger partial charge in [0.15, 0.2) is 15.9 Å². The van der Waals surface area contributed by atoms with E-state index < -0.39 is 21.9 Å². The van der Waals surface area contributed by atoms with Crippen molar-refractivity contribution in [2.24, 2.45) is 0 Å². The monoisotopic (exact) mass is 366 g/mol. The minimum atomic E-state index is -3.34. The topological polar surface area (TPSA) is 77.5 Å². The Morgan fingerprint density at radius 3 is 1.96 bits per heavy atom. The normalized spacial score (nSPS) is 12.5. The maximum Gasteiger partial charge on any atom is 0.338 e. The van der Waals surface area contributed by atoms with Crippen molar-refractivity contribution in [2.75, 3.05) is 6.26 Å². The summed E-state index contributed by atoms with van der Waals surface area (Å²) in [5, 5.41) is 0.502. The molecule has 0 fully saturated rings. The van der Waals surface area contributed by atoms with Crippen LogP contribution in [0.1, 0.15) is 27.6 Å². The van der Waals surface area contributed by atoms with Crippen LogP contribution in [0.2, 0.25) is 5.02 Å². The number of esters is 1. The molecule has 1 unspecified atom stereocenters. The molecular weight excluding hydrogens is 352 g/mol. The largest absolute Gasteiger partial charge is 0.451 e. The van der Waals surface area contributed by atoms with E-state index in [9.17, 15) is 18.0 Å². The van der Waals surface area contributed by atoms with Gasteiger partial charge in [-0.05, 0) is 55.5 Å². The summed E-state index contributed by atoms with van der Waals surface area (Å²) in [6.07, 6.45) is 0.0981. The number of hydrogen-bond acceptors (Lipinski definition) is 5. The Hall–Kier alpha value is -2.18. The Kier molecular flexibility index (Phi) is 5.41. The Balaban J connectivity index is 2.08. The van der Waals surface area contributed by atoms with E-state index in [0.717, 1.165) is 6.26 Å². The van der Waals surface area contributed by atoms with E-state index in [-0.39, 0.29) is 16.2 Å². The second kappa shape index (κ2) is 7.15. The van der Waals surface area contributed by atoms with E-state index in [0.29, 0.717) is 10.6 Å². The second-order valence-electron chi connectivity index (χ2n) is 5.22. The van der Waals surface area contributed by atoms with Gasteiger partial charge in [-0.15, -0.1) is 0 Å². The first-order valence-electron chi connectivity index (χ1n) is 6.99. The number of halogens is 1. The SMILES string of the molecule is CC(OC(=O)c1ccc(S(C)(=O)=O)cc1)C(=O)c1ccc(Cl)cc1. The van der Waals surface area contributed by atoms with E-state index in [2.05, 4.69) is 0 Å². The summed E-state index contributed by atoms with van der Waals surface area (Å²) in [7, 11) is -3.34. The van der Waals surface area contributed by atoms with E-state index >= 15 is 0 Å². The van der Waals surface area contributed by atoms with Crippen LogP contribution in [0.25, 0.3) is 0 Å². The first-order chi connectivity index (χ1) is 11.2. The van der Waals surface area contributed by atoms with Gasteiger partial charge in [0.1, 0.15) is 0 Å². The summed E-state index contributed by atoms with van der Waals surface area (Å²) in [4.78, 5) is 24.4. The predicted molar refractivity (Wildman–Crippen MR) is 90.2 cm³/mol. The summed E-state index contributed by atoms with van der Waals surface area (Å²) in [6, 6.07) is 11.6. The summed E-state index contributed by atoms with van der Waals surface area (Å²) < 4.78 is 27.9. The van der Waals surface area contributed by atoms with Gasteiger partial charge in [-0.2, -0.15) is 0 Å². The molecule has 0 amide bonds. The van der Waals surface area contributed by atoms with E-state index in [4.69, 9.17) is 16.3 Å². The number of sulfone groups is 1. The van der Waals surface area contributed by atoms with Crippen LogP contribution in [0.3, 0.4) is 0 Å². The zero-order chi connectivity index (χ0) is 17.9. The van der Waals surface area contributed by atoms with E-state index in [1.165, 1.54) is 31.2 Å². The molecule has 0 saturated heterocycles. The fraction of sp³-hybridized carbons (Fsp3) is 0.176. The average Bonchev–Trinajstić information content (AvgIpc) is 2.54. The average molecular weight is 367 g/mol. The molecule has 5 nitrogen and oxygen atoms in total. The van der Waals surface area contributed by atoms with Gasteiger partial charge in [0.25, 0.3) is 0 Å². The number of hydrogen-bond donors (Lipinski definition) is 0. The lowest BCUT2D eigenvalue weighted by Crippen LogP contribution is -2.24. The van der Waals surface area contributed by atoms with Crippen LogP contribution in [0.15, 0.2) is 53.4 Å². The zero-order valence-electron chi connectivity index (χ0n) is 13.0. The number of carbonyl (C=O) groups excluding carboxylic acids is 2. The van der Waals surface area contributed by atoms with Crippen molar-refractivity contribution in [3.63, 3.8) is 0 Å². The van der Waals surface area contributed by atoms with Crippen LogP contribution in [0.5, 0.6) is 0 Å². The lowest BCUT2D eigenvalue weighted by Gasteiger charge is -2.12. The highest BCUT2D eigenvalue weighted by Gasteiger charge is 2.20. The van der Waals surface area contributed by atoms with Gasteiger partial charge in [0.05, 0.1) is 10.5 Å². The lowest BCUT2D eigenvalue weighted by atomic mass is 10.1. The van der Waals surface area contributed by atoms with E-state index in [1.807, 2.05) is 0 Å². The van der Waals surface area contributed by atoms with Crippen LogP contribution in [-0.4, -0.2) is 32.5 Å². The fourth-order valence-electron chi connectivity index (χ4n) is 1.97. The van der Waals surface area contributed by atoms with Crippen molar-refractivity contribution >= 4 is 33.2 Å². The molecule has 0 bridgehead atoms. The quantitative estimate of drug-likeness (QED) is 0.600. The van der Waals surface area contributed by atoms with Gasteiger partial charge in [-0.3, -0.25) is 4.79 Å². The molecule has 2 aromatic rings. The molecule has 0 N–H and O–H groups in total. The molecule has 1 atom stereocenters. The Bertz CT molecular complexity index is 855. The van der Waals surface area contributed by atoms with Crippen LogP contribution in [0.4, 0.5) is 0 Å². The third kappa shape index (κ3) is 4.43. The number of ether oxygens (including phenoxy) is 1. The Labute approximate surface area is 145 Å². The second-order valence-corrected chi connectivity index (χ2v) is 7.67. The minimum Gasteiger partial charge on any atom is -0.451 e. The molecule has 24 heavy (non-hydrogen) atoms. The van der Waals surface area contributed by atoms with Crippen molar-refractivity contribution < 1.29 is 22.7 Å². The lowest BCUT2D eigenvalue weighted by molar-refractivity contribution is 0.0318. The third-order valence-electron chi connectivity index (χ3n) is 3.30. The number of benzene rings is 2. The van der Waals surface area contributed by atoms with Crippen molar-refractivity contribution in [3.05, 3.63) is 64.7 Å². The highest BCUT2D eigenvalue weighted by Crippen LogP contribution is 2.15. The van der Waals surface area contributed by atoms with Crippen LogP contribution >= 0.6 is 11.6 Å². The zero-order valence-corrected chi connectivity index (χ0v) is 14.6. The molecule has 7 heteroatoms. The predicted octanol–water partition coefficient (Wildman–Crippen LogP) is 3.17. The molecule has 126 valence electrons. The van der Waals surface area contributed by atoms with Crippen molar-refractivity contribution in [1.29, 1.82) is 0 Å². The highest BCUT2D eigenvalue weighted by molar-refractivity contribution is 7.90. The first kappa shape index (κ1) is 18.2. The van der Waals surface area contributed by atoms with Crippen molar-refractivity contribution in [2.45, 2.75) is 17.9 Å². The van der Waals surface area contributed by atoms with Gasteiger partial charge >= 0.3 is 5.97 Å². The summed E-state index contributed by atoms with van der Waals surface area (Å²) in [5.41, 5.74) is 0.547. The number of ketones is 1. The number of carbonyl (C=O) groups is 2. The highest BCUT2D eigenvalue weighted by atomic mass is 35.5. The van der Waals surface area contributed by atoms with Crippen molar-refractivity contribution in [3.8, 4) is 0 Å². The Morgan fingerprint density at radius 1 is 0.958 bits per heavy atom. The molecule has 0 aliphatic rings. The fourth-order valence-corrected chi connectivity index (χ4v) is 2.73. The summed E-state index contributed by atoms with van der Waals surface area (Å²) in [6.45, 7) is 1.47. The molecule has 0 aromatic heterocycles. The van der Waals surface area contributed by atoms with Gasteiger partial charge in [-0.1, -0.05) is 11.6 Å². The Morgan fingerprint density at radius 2 is 1.46 bits per heavy atom. The molecule has 0 saturated carbocycles. The van der Waals surface area contributed by atoms with Gasteiger partial charge < -0.3 is 4.74 Å². The molecular formula is C17H15ClO5S. The smallest absolute Gasteiger partial charge is 0.338 e. The molecule has 0 aliphatic carbocycles. The van der Waals surface area contributed by atoms with Crippen LogP contribution in [-0.2, 0) is 14.6 Å². The molecule has 0 heterocycles. The van der Waals surface area contributed by atoms with Crippen LogP contribution in [0, 0.1) is 0 Å². The molecule has 2 rings (SSSR count). The number of Topliss-reactive ketones (excluding diaryl/α,β-unsaturated/α-hetero) is 1. The summed E-state index contributed by atoms with van der Waals surface area (Å²) in [5.74, 6) is -1.06. The van der Waals surface area contributed by atoms with Crippen LogP contribution < -0.4 is 0 Å².